The summed E-state index contributed by atoms with van der Waals surface area (Å²) in [6, 6.07) is 0. The smallest absolute Gasteiger partial charge is 0.393 e. The van der Waals surface area contributed by atoms with Gasteiger partial charge < -0.3 is 20.4 Å². The fourth-order valence-corrected chi connectivity index (χ4v) is 1.79. The average molecular weight is 298 g/mol. The van der Waals surface area contributed by atoms with Gasteiger partial charge in [0.2, 0.25) is 11.8 Å². The van der Waals surface area contributed by atoms with E-state index >= 15 is 0 Å². The molecule has 0 saturated carbocycles. The lowest BCUT2D eigenvalue weighted by atomic mass is 10.1. The van der Waals surface area contributed by atoms with E-state index in [1.165, 1.54) is 6.92 Å². The number of rotatable bonds is 5. The van der Waals surface area contributed by atoms with Crippen LogP contribution in [-0.2, 0) is 9.59 Å². The van der Waals surface area contributed by atoms with Crippen LogP contribution in [0.2, 0.25) is 0 Å². The maximum Gasteiger partial charge on any atom is 0.406 e. The summed E-state index contributed by atoms with van der Waals surface area (Å²) in [5.41, 5.74) is -1.51. The lowest BCUT2D eigenvalue weighted by Crippen LogP contribution is -2.45. The quantitative estimate of drug-likeness (QED) is 0.623. The highest BCUT2D eigenvalue weighted by atomic mass is 19.4. The summed E-state index contributed by atoms with van der Waals surface area (Å²) < 4.78 is 36.6. The molecule has 2 amide bonds. The molecule has 20 heavy (non-hydrogen) atoms. The van der Waals surface area contributed by atoms with E-state index in [0.29, 0.717) is 4.90 Å². The van der Waals surface area contributed by atoms with Crippen LogP contribution in [0, 0.1) is 5.92 Å². The third-order valence-electron chi connectivity index (χ3n) is 2.94. The van der Waals surface area contributed by atoms with Crippen molar-refractivity contribution in [2.45, 2.75) is 25.1 Å². The van der Waals surface area contributed by atoms with E-state index in [4.69, 9.17) is 5.11 Å². The molecule has 6 nitrogen and oxygen atoms in total. The van der Waals surface area contributed by atoms with Gasteiger partial charge in [-0.15, -0.1) is 0 Å². The molecule has 0 bridgehead atoms. The molecular formula is C11H17F3N2O4. The Morgan fingerprint density at radius 2 is 2.10 bits per heavy atom. The van der Waals surface area contributed by atoms with Gasteiger partial charge >= 0.3 is 6.18 Å². The Kier molecular flexibility index (Phi) is 4.98. The Hall–Kier alpha value is -1.35. The van der Waals surface area contributed by atoms with Gasteiger partial charge in [0.25, 0.3) is 0 Å². The summed E-state index contributed by atoms with van der Waals surface area (Å²) in [5.74, 6) is -2.22. The minimum atomic E-state index is -4.50. The predicted octanol–water partition coefficient (Wildman–Crippen LogP) is -0.743. The van der Waals surface area contributed by atoms with Crippen LogP contribution in [0.4, 0.5) is 13.2 Å². The fraction of sp³-hybridized carbons (Fsp3) is 0.818. The molecule has 3 N–H and O–H groups in total. The molecule has 0 aliphatic carbocycles. The number of aliphatic hydroxyl groups excluding tert-OH is 1. The zero-order chi connectivity index (χ0) is 15.6. The van der Waals surface area contributed by atoms with Crippen molar-refractivity contribution >= 4 is 11.8 Å². The maximum atomic E-state index is 12.2. The number of aliphatic hydroxyl groups is 2. The number of hydrogen-bond acceptors (Lipinski definition) is 4. The summed E-state index contributed by atoms with van der Waals surface area (Å²) in [5, 5.41) is 20.6. The van der Waals surface area contributed by atoms with Crippen LogP contribution in [-0.4, -0.2) is 64.9 Å². The number of carbonyl (C=O) groups excluding carboxylic acids is 2. The van der Waals surface area contributed by atoms with E-state index in [2.05, 4.69) is 5.32 Å². The monoisotopic (exact) mass is 298 g/mol. The first-order chi connectivity index (χ1) is 9.04. The minimum absolute atomic E-state index is 0.244. The molecule has 2 unspecified atom stereocenters. The first-order valence-corrected chi connectivity index (χ1v) is 5.99. The van der Waals surface area contributed by atoms with Crippen LogP contribution in [0.25, 0.3) is 0 Å². The van der Waals surface area contributed by atoms with Crippen LogP contribution in [0.1, 0.15) is 13.3 Å². The number of nitrogens with one attached hydrogen (secondary N) is 1. The largest absolute Gasteiger partial charge is 0.406 e. The second kappa shape index (κ2) is 5.96. The van der Waals surface area contributed by atoms with E-state index in [-0.39, 0.29) is 19.5 Å². The third-order valence-corrected chi connectivity index (χ3v) is 2.94. The van der Waals surface area contributed by atoms with Gasteiger partial charge in [-0.25, -0.2) is 0 Å². The average Bonchev–Trinajstić information content (AvgIpc) is 2.66. The Morgan fingerprint density at radius 1 is 1.50 bits per heavy atom. The van der Waals surface area contributed by atoms with Crippen LogP contribution in [0.15, 0.2) is 0 Å². The first kappa shape index (κ1) is 16.7. The normalized spacial score (nSPS) is 22.8. The van der Waals surface area contributed by atoms with Crippen molar-refractivity contribution in [3.8, 4) is 0 Å². The van der Waals surface area contributed by atoms with Crippen molar-refractivity contribution in [1.29, 1.82) is 0 Å². The van der Waals surface area contributed by atoms with E-state index in [0.717, 1.165) is 0 Å². The van der Waals surface area contributed by atoms with Crippen molar-refractivity contribution < 1.29 is 33.0 Å². The SMILES string of the molecule is CC(O)(CO)CNC(=O)C1CC(=O)N(CC(F)(F)F)C1. The lowest BCUT2D eigenvalue weighted by Gasteiger charge is -2.22. The Morgan fingerprint density at radius 3 is 2.60 bits per heavy atom. The first-order valence-electron chi connectivity index (χ1n) is 5.99. The van der Waals surface area contributed by atoms with Crippen molar-refractivity contribution in [1.82, 2.24) is 10.2 Å². The van der Waals surface area contributed by atoms with Gasteiger partial charge in [0, 0.05) is 19.5 Å². The molecule has 9 heteroatoms. The molecule has 1 saturated heterocycles. The van der Waals surface area contributed by atoms with Crippen LogP contribution < -0.4 is 5.32 Å². The molecule has 0 aromatic carbocycles. The zero-order valence-electron chi connectivity index (χ0n) is 10.9. The minimum Gasteiger partial charge on any atom is -0.393 e. The van der Waals surface area contributed by atoms with Crippen molar-refractivity contribution in [3.05, 3.63) is 0 Å². The summed E-state index contributed by atoms with van der Waals surface area (Å²) in [7, 11) is 0. The van der Waals surface area contributed by atoms with Gasteiger partial charge in [-0.2, -0.15) is 13.2 Å². The number of hydrogen-bond donors (Lipinski definition) is 3. The van der Waals surface area contributed by atoms with E-state index < -0.39 is 42.7 Å². The number of amides is 2. The predicted molar refractivity (Wildman–Crippen MR) is 61.5 cm³/mol. The molecule has 0 radical (unpaired) electrons. The van der Waals surface area contributed by atoms with Gasteiger partial charge in [0.05, 0.1) is 12.5 Å². The molecule has 1 rings (SSSR count). The summed E-state index contributed by atoms with van der Waals surface area (Å²) in [6.45, 7) is -1.19. The third kappa shape index (κ3) is 4.97. The molecule has 0 aromatic rings. The Balaban J connectivity index is 2.50. The van der Waals surface area contributed by atoms with Crippen molar-refractivity contribution in [3.63, 3.8) is 0 Å². The molecule has 116 valence electrons. The molecule has 1 aliphatic rings. The molecule has 2 atom stereocenters. The highest BCUT2D eigenvalue weighted by Gasteiger charge is 2.40. The van der Waals surface area contributed by atoms with Gasteiger partial charge in [0.15, 0.2) is 0 Å². The number of likely N-dealkylation sites (tertiary alicyclic amines) is 1. The number of halogens is 3. The fourth-order valence-electron chi connectivity index (χ4n) is 1.79. The summed E-state index contributed by atoms with van der Waals surface area (Å²) in [6.07, 6.45) is -4.79. The number of carbonyl (C=O) groups is 2. The molecule has 1 heterocycles. The van der Waals surface area contributed by atoms with Crippen LogP contribution >= 0.6 is 0 Å². The van der Waals surface area contributed by atoms with E-state index in [9.17, 15) is 27.9 Å². The van der Waals surface area contributed by atoms with Gasteiger partial charge in [-0.05, 0) is 6.92 Å². The Bertz CT molecular complexity index is 384. The van der Waals surface area contributed by atoms with Crippen molar-refractivity contribution in [2.75, 3.05) is 26.2 Å². The van der Waals surface area contributed by atoms with Gasteiger partial charge in [-0.3, -0.25) is 9.59 Å². The number of nitrogens with zero attached hydrogens (tertiary/aromatic N) is 1. The van der Waals surface area contributed by atoms with Gasteiger partial charge in [-0.1, -0.05) is 0 Å². The topological polar surface area (TPSA) is 89.9 Å². The summed E-state index contributed by atoms with van der Waals surface area (Å²) >= 11 is 0. The highest BCUT2D eigenvalue weighted by molar-refractivity contribution is 5.89. The summed E-state index contributed by atoms with van der Waals surface area (Å²) in [4.78, 5) is 23.7. The van der Waals surface area contributed by atoms with Crippen LogP contribution in [0.5, 0.6) is 0 Å². The zero-order valence-corrected chi connectivity index (χ0v) is 10.9. The lowest BCUT2D eigenvalue weighted by molar-refractivity contribution is -0.157. The Labute approximate surface area is 113 Å². The number of alkyl halides is 3. The molecule has 1 aliphatic heterocycles. The molecule has 0 spiro atoms. The van der Waals surface area contributed by atoms with E-state index in [1.54, 1.807) is 0 Å². The maximum absolute atomic E-state index is 12.2. The molecule has 0 aromatic heterocycles. The van der Waals surface area contributed by atoms with Crippen molar-refractivity contribution in [2.24, 2.45) is 5.92 Å². The highest BCUT2D eigenvalue weighted by Crippen LogP contribution is 2.23. The second-order valence-corrected chi connectivity index (χ2v) is 5.16. The van der Waals surface area contributed by atoms with Crippen LogP contribution in [0.3, 0.4) is 0 Å². The second-order valence-electron chi connectivity index (χ2n) is 5.16. The van der Waals surface area contributed by atoms with E-state index in [1.807, 2.05) is 0 Å². The standard InChI is InChI=1S/C11H17F3N2O4/c1-10(20,6-17)4-15-9(19)7-2-8(18)16(3-7)5-11(12,13)14/h7,17,20H,2-6H2,1H3,(H,15,19). The molecule has 1 fully saturated rings. The molecular weight excluding hydrogens is 281 g/mol. The van der Waals surface area contributed by atoms with Gasteiger partial charge in [0.1, 0.15) is 12.1 Å².